The minimum absolute atomic E-state index is 0.174. The molecule has 3 heteroatoms. The van der Waals surface area contributed by atoms with Gasteiger partial charge in [-0.3, -0.25) is 4.79 Å². The largest absolute Gasteiger partial charge is 0.336 e. The average molecular weight is 249 g/mol. The predicted octanol–water partition coefficient (Wildman–Crippen LogP) is 3.39. The van der Waals surface area contributed by atoms with Crippen molar-refractivity contribution in [2.75, 3.05) is 6.54 Å². The summed E-state index contributed by atoms with van der Waals surface area (Å²) in [5, 5.41) is 0. The van der Waals surface area contributed by atoms with E-state index >= 15 is 0 Å². The van der Waals surface area contributed by atoms with Crippen LogP contribution in [-0.2, 0) is 0 Å². The fraction of sp³-hybridized carbons (Fsp3) is 0.533. The van der Waals surface area contributed by atoms with Crippen molar-refractivity contribution < 1.29 is 9.18 Å². The Kier molecular flexibility index (Phi) is 3.69. The van der Waals surface area contributed by atoms with Crippen LogP contribution in [0.15, 0.2) is 18.2 Å². The Hall–Kier alpha value is -1.38. The van der Waals surface area contributed by atoms with Gasteiger partial charge in [-0.2, -0.15) is 0 Å². The van der Waals surface area contributed by atoms with Gasteiger partial charge in [0.25, 0.3) is 5.91 Å². The third-order valence-electron chi connectivity index (χ3n) is 3.99. The Balaban J connectivity index is 2.25. The lowest BCUT2D eigenvalue weighted by Crippen LogP contribution is -2.46. The number of carbonyl (C=O) groups excluding carboxylic acids is 1. The highest BCUT2D eigenvalue weighted by molar-refractivity contribution is 5.94. The summed E-state index contributed by atoms with van der Waals surface area (Å²) in [6.45, 7) is 6.75. The highest BCUT2D eigenvalue weighted by atomic mass is 19.1. The number of amides is 1. The summed E-state index contributed by atoms with van der Waals surface area (Å²) < 4.78 is 13.8. The van der Waals surface area contributed by atoms with Crippen LogP contribution in [0.5, 0.6) is 0 Å². The van der Waals surface area contributed by atoms with Crippen molar-refractivity contribution in [3.63, 3.8) is 0 Å². The van der Waals surface area contributed by atoms with E-state index in [2.05, 4.69) is 6.92 Å². The van der Waals surface area contributed by atoms with E-state index < -0.39 is 5.82 Å². The van der Waals surface area contributed by atoms with Gasteiger partial charge in [-0.15, -0.1) is 0 Å². The summed E-state index contributed by atoms with van der Waals surface area (Å²) in [6.07, 6.45) is 2.14. The molecule has 0 spiro atoms. The average Bonchev–Trinajstić information content (AvgIpc) is 2.32. The van der Waals surface area contributed by atoms with Gasteiger partial charge in [0.2, 0.25) is 0 Å². The first-order valence-corrected chi connectivity index (χ1v) is 6.58. The maximum atomic E-state index is 13.8. The van der Waals surface area contributed by atoms with Gasteiger partial charge in [0.05, 0.1) is 5.56 Å². The van der Waals surface area contributed by atoms with E-state index in [0.717, 1.165) is 24.9 Å². The van der Waals surface area contributed by atoms with Crippen molar-refractivity contribution in [3.8, 4) is 0 Å². The molecule has 1 saturated heterocycles. The molecule has 2 unspecified atom stereocenters. The van der Waals surface area contributed by atoms with Crippen LogP contribution in [0.4, 0.5) is 4.39 Å². The van der Waals surface area contributed by atoms with Gasteiger partial charge in [0.15, 0.2) is 0 Å². The first-order chi connectivity index (χ1) is 8.50. The summed E-state index contributed by atoms with van der Waals surface area (Å²) in [5.74, 6) is -0.104. The second-order valence-electron chi connectivity index (χ2n) is 5.34. The van der Waals surface area contributed by atoms with Gasteiger partial charge in [-0.25, -0.2) is 4.39 Å². The summed E-state index contributed by atoms with van der Waals surface area (Å²) in [6, 6.07) is 4.99. The first kappa shape index (κ1) is 13.1. The standard InChI is InChI=1S/C15H20FNO/c1-10-6-7-13(14(16)9-10)15(18)17-8-4-5-11(2)12(17)3/h6-7,9,11-12H,4-5,8H2,1-3H3. The van der Waals surface area contributed by atoms with E-state index in [9.17, 15) is 9.18 Å². The number of halogens is 1. The Morgan fingerprint density at radius 2 is 2.11 bits per heavy atom. The zero-order chi connectivity index (χ0) is 13.3. The summed E-state index contributed by atoms with van der Waals surface area (Å²) in [7, 11) is 0. The topological polar surface area (TPSA) is 20.3 Å². The van der Waals surface area contributed by atoms with Gasteiger partial charge in [-0.05, 0) is 50.3 Å². The van der Waals surface area contributed by atoms with Crippen LogP contribution in [-0.4, -0.2) is 23.4 Å². The van der Waals surface area contributed by atoms with Crippen LogP contribution >= 0.6 is 0 Å². The smallest absolute Gasteiger partial charge is 0.257 e. The maximum absolute atomic E-state index is 13.8. The minimum Gasteiger partial charge on any atom is -0.336 e. The molecule has 1 aliphatic rings. The number of rotatable bonds is 1. The normalized spacial score (nSPS) is 24.1. The predicted molar refractivity (Wildman–Crippen MR) is 70.0 cm³/mol. The molecule has 1 aliphatic heterocycles. The van der Waals surface area contributed by atoms with E-state index in [1.54, 1.807) is 12.1 Å². The van der Waals surface area contributed by atoms with E-state index in [1.807, 2.05) is 18.7 Å². The van der Waals surface area contributed by atoms with E-state index in [4.69, 9.17) is 0 Å². The second-order valence-corrected chi connectivity index (χ2v) is 5.34. The first-order valence-electron chi connectivity index (χ1n) is 6.58. The maximum Gasteiger partial charge on any atom is 0.257 e. The van der Waals surface area contributed by atoms with Crippen LogP contribution < -0.4 is 0 Å². The molecule has 0 bridgehead atoms. The molecule has 18 heavy (non-hydrogen) atoms. The van der Waals surface area contributed by atoms with Crippen molar-refractivity contribution in [2.45, 2.75) is 39.7 Å². The molecule has 2 atom stereocenters. The number of aryl methyl sites for hydroxylation is 1. The zero-order valence-corrected chi connectivity index (χ0v) is 11.2. The molecule has 0 saturated carbocycles. The molecule has 0 aromatic heterocycles. The molecule has 2 nitrogen and oxygen atoms in total. The molecular weight excluding hydrogens is 229 g/mol. The molecule has 0 N–H and O–H groups in total. The van der Waals surface area contributed by atoms with Crippen molar-refractivity contribution in [3.05, 3.63) is 35.1 Å². The Morgan fingerprint density at radius 1 is 1.39 bits per heavy atom. The molecular formula is C15H20FNO. The van der Waals surface area contributed by atoms with Gasteiger partial charge in [0.1, 0.15) is 5.82 Å². The molecule has 1 aromatic rings. The highest BCUT2D eigenvalue weighted by Gasteiger charge is 2.30. The van der Waals surface area contributed by atoms with Crippen LogP contribution in [0.1, 0.15) is 42.6 Å². The lowest BCUT2D eigenvalue weighted by atomic mass is 9.91. The molecule has 98 valence electrons. The Labute approximate surface area is 108 Å². The van der Waals surface area contributed by atoms with Crippen molar-refractivity contribution in [1.82, 2.24) is 4.90 Å². The van der Waals surface area contributed by atoms with Gasteiger partial charge in [-0.1, -0.05) is 13.0 Å². The molecule has 1 amide bonds. The molecule has 1 fully saturated rings. The molecule has 1 aromatic carbocycles. The van der Waals surface area contributed by atoms with Crippen molar-refractivity contribution in [1.29, 1.82) is 0 Å². The lowest BCUT2D eigenvalue weighted by Gasteiger charge is -2.38. The highest BCUT2D eigenvalue weighted by Crippen LogP contribution is 2.25. The fourth-order valence-electron chi connectivity index (χ4n) is 2.57. The molecule has 2 rings (SSSR count). The van der Waals surface area contributed by atoms with Crippen LogP contribution in [0, 0.1) is 18.7 Å². The van der Waals surface area contributed by atoms with Gasteiger partial charge < -0.3 is 4.90 Å². The minimum atomic E-state index is -0.412. The third kappa shape index (κ3) is 2.40. The Morgan fingerprint density at radius 3 is 2.78 bits per heavy atom. The van der Waals surface area contributed by atoms with E-state index in [-0.39, 0.29) is 17.5 Å². The molecule has 0 radical (unpaired) electrons. The number of likely N-dealkylation sites (tertiary alicyclic amines) is 1. The monoisotopic (exact) mass is 249 g/mol. The van der Waals surface area contributed by atoms with E-state index in [0.29, 0.717) is 5.92 Å². The molecule has 1 heterocycles. The van der Waals surface area contributed by atoms with E-state index in [1.165, 1.54) is 6.07 Å². The second kappa shape index (κ2) is 5.09. The van der Waals surface area contributed by atoms with Crippen LogP contribution in [0.3, 0.4) is 0 Å². The quantitative estimate of drug-likeness (QED) is 0.747. The SMILES string of the molecule is Cc1ccc(C(=O)N2CCCC(C)C2C)c(F)c1. The summed E-state index contributed by atoms with van der Waals surface area (Å²) in [5.41, 5.74) is 1.03. The number of hydrogen-bond donors (Lipinski definition) is 0. The lowest BCUT2D eigenvalue weighted by molar-refractivity contribution is 0.0546. The van der Waals surface area contributed by atoms with Crippen LogP contribution in [0.25, 0.3) is 0 Å². The summed E-state index contributed by atoms with van der Waals surface area (Å²) >= 11 is 0. The number of nitrogens with zero attached hydrogens (tertiary/aromatic N) is 1. The number of hydrogen-bond acceptors (Lipinski definition) is 1. The Bertz CT molecular complexity index is 458. The fourth-order valence-corrected chi connectivity index (χ4v) is 2.57. The number of benzene rings is 1. The van der Waals surface area contributed by atoms with Crippen LogP contribution in [0.2, 0.25) is 0 Å². The van der Waals surface area contributed by atoms with Gasteiger partial charge in [0, 0.05) is 12.6 Å². The van der Waals surface area contributed by atoms with Gasteiger partial charge >= 0.3 is 0 Å². The molecule has 0 aliphatic carbocycles. The third-order valence-corrected chi connectivity index (χ3v) is 3.99. The van der Waals surface area contributed by atoms with Crippen molar-refractivity contribution in [2.24, 2.45) is 5.92 Å². The summed E-state index contributed by atoms with van der Waals surface area (Å²) in [4.78, 5) is 14.2. The number of piperidine rings is 1. The zero-order valence-electron chi connectivity index (χ0n) is 11.2. The van der Waals surface area contributed by atoms with Crippen molar-refractivity contribution >= 4 is 5.91 Å². The number of carbonyl (C=O) groups is 1.